The number of rotatable bonds is 5. The van der Waals surface area contributed by atoms with Gasteiger partial charge in [0.2, 0.25) is 5.91 Å². The molecule has 5 rings (SSSR count). The van der Waals surface area contributed by atoms with Crippen LogP contribution in [0.5, 0.6) is 5.75 Å². The second kappa shape index (κ2) is 11.1. The molecule has 4 aromatic rings. The van der Waals surface area contributed by atoms with Crippen molar-refractivity contribution in [2.24, 2.45) is 0 Å². The maximum absolute atomic E-state index is 14.9. The van der Waals surface area contributed by atoms with Crippen LogP contribution in [0.3, 0.4) is 0 Å². The number of hydrogen-bond acceptors (Lipinski definition) is 9. The largest absolute Gasteiger partial charge is 0.507 e. The number of carbonyl (C=O) groups excluding carboxylic acids is 1. The van der Waals surface area contributed by atoms with Gasteiger partial charge in [0.1, 0.15) is 22.4 Å². The number of benzene rings is 1. The van der Waals surface area contributed by atoms with E-state index >= 15 is 0 Å². The summed E-state index contributed by atoms with van der Waals surface area (Å²) in [6.45, 7) is 7.96. The SMILES string of the molecule is C=CC(=O)N1CCN(c2nc(=O)n(-c3scnc3C(C)C)c3nc(-c4c(O)cccc4F)c(Cl)cc23)/C(=C/C#N)C1. The maximum Gasteiger partial charge on any atom is 0.356 e. The monoisotopic (exact) mass is 591 g/mol. The zero-order valence-corrected chi connectivity index (χ0v) is 23.6. The number of halogens is 2. The Bertz CT molecular complexity index is 1820. The molecule has 0 unspecified atom stereocenters. The van der Waals surface area contributed by atoms with Crippen LogP contribution >= 0.6 is 22.9 Å². The highest BCUT2D eigenvalue weighted by molar-refractivity contribution is 7.12. The van der Waals surface area contributed by atoms with Crippen LogP contribution in [0.4, 0.5) is 10.2 Å². The molecule has 0 spiro atoms. The number of nitrogens with zero attached hydrogens (tertiary/aromatic N) is 7. The number of phenolic OH excluding ortho intramolecular Hbond substituents is 1. The Morgan fingerprint density at radius 1 is 1.32 bits per heavy atom. The quantitative estimate of drug-likeness (QED) is 0.260. The van der Waals surface area contributed by atoms with E-state index in [1.165, 1.54) is 57.2 Å². The van der Waals surface area contributed by atoms with Crippen LogP contribution < -0.4 is 10.6 Å². The first-order valence-electron chi connectivity index (χ1n) is 12.5. The van der Waals surface area contributed by atoms with Crippen LogP contribution in [0, 0.1) is 17.1 Å². The average Bonchev–Trinajstić information content (AvgIpc) is 3.43. The lowest BCUT2D eigenvalue weighted by Gasteiger charge is -2.37. The number of pyridine rings is 1. The van der Waals surface area contributed by atoms with Crippen molar-refractivity contribution in [2.75, 3.05) is 24.5 Å². The molecule has 1 aromatic carbocycles. The molecule has 1 aliphatic heterocycles. The third-order valence-electron chi connectivity index (χ3n) is 6.62. The summed E-state index contributed by atoms with van der Waals surface area (Å²) in [5.41, 5.74) is 1.82. The van der Waals surface area contributed by atoms with Gasteiger partial charge in [0.05, 0.1) is 45.5 Å². The Hall–Kier alpha value is -4.60. The summed E-state index contributed by atoms with van der Waals surface area (Å²) in [7, 11) is 0. The zero-order chi connectivity index (χ0) is 29.4. The molecule has 13 heteroatoms. The number of thiazole rings is 1. The first-order chi connectivity index (χ1) is 19.7. The van der Waals surface area contributed by atoms with Crippen LogP contribution in [-0.4, -0.2) is 55.1 Å². The molecular weight excluding hydrogens is 569 g/mol. The number of carbonyl (C=O) groups is 1. The van der Waals surface area contributed by atoms with Crippen molar-refractivity contribution < 1.29 is 14.3 Å². The molecule has 0 atom stereocenters. The standard InChI is InChI=1S/C28H23ClFN7O3S/c1-4-21(39)35-10-11-36(16(13-35)8-9-31)25-17-12-18(29)24(22-19(30)6-5-7-20(22)38)33-26(17)37(28(40)34-25)27-23(15(2)3)32-14-41-27/h4-8,12,14-15,38H,1,10-11,13H2,2-3H3/b16-8+. The Morgan fingerprint density at radius 2 is 2.10 bits per heavy atom. The fraction of sp³-hybridized carbons (Fsp3) is 0.214. The third kappa shape index (κ3) is 4.94. The average molecular weight is 592 g/mol. The molecule has 1 N–H and O–H groups in total. The number of nitriles is 1. The van der Waals surface area contributed by atoms with E-state index in [4.69, 9.17) is 11.6 Å². The van der Waals surface area contributed by atoms with Crippen LogP contribution in [-0.2, 0) is 4.79 Å². The van der Waals surface area contributed by atoms with Crippen molar-refractivity contribution >= 4 is 45.7 Å². The zero-order valence-electron chi connectivity index (χ0n) is 22.0. The number of fused-ring (bicyclic) bond motifs is 1. The molecule has 0 radical (unpaired) electrons. The molecule has 1 saturated heterocycles. The number of allylic oxidation sites excluding steroid dienone is 1. The van der Waals surface area contributed by atoms with Crippen molar-refractivity contribution in [2.45, 2.75) is 19.8 Å². The Kier molecular flexibility index (Phi) is 7.57. The first-order valence-corrected chi connectivity index (χ1v) is 13.7. The summed E-state index contributed by atoms with van der Waals surface area (Å²) >= 11 is 7.88. The van der Waals surface area contributed by atoms with Gasteiger partial charge in [0.25, 0.3) is 0 Å². The van der Waals surface area contributed by atoms with Crippen LogP contribution in [0.15, 0.2) is 59.0 Å². The van der Waals surface area contributed by atoms with E-state index < -0.39 is 11.5 Å². The molecule has 4 heterocycles. The molecular formula is C28H23ClFN7O3S. The minimum Gasteiger partial charge on any atom is -0.507 e. The van der Waals surface area contributed by atoms with Gasteiger partial charge in [0.15, 0.2) is 5.65 Å². The normalized spacial score (nSPS) is 14.6. The molecule has 208 valence electrons. The molecule has 10 nitrogen and oxygen atoms in total. The minimum atomic E-state index is -0.746. The fourth-order valence-corrected chi connectivity index (χ4v) is 5.90. The van der Waals surface area contributed by atoms with Crippen LogP contribution in [0.1, 0.15) is 25.5 Å². The number of aromatic nitrogens is 4. The number of aromatic hydroxyl groups is 1. The lowest BCUT2D eigenvalue weighted by Crippen LogP contribution is -2.47. The fourth-order valence-electron chi connectivity index (χ4n) is 4.71. The van der Waals surface area contributed by atoms with E-state index in [0.29, 0.717) is 21.8 Å². The Labute approximate surface area is 242 Å². The molecule has 41 heavy (non-hydrogen) atoms. The van der Waals surface area contributed by atoms with Crippen molar-refractivity contribution in [1.82, 2.24) is 24.4 Å². The first kappa shape index (κ1) is 27.9. The van der Waals surface area contributed by atoms with E-state index in [1.807, 2.05) is 19.9 Å². The summed E-state index contributed by atoms with van der Waals surface area (Å²) in [5, 5.41) is 20.8. The topological polar surface area (TPSA) is 128 Å². The highest BCUT2D eigenvalue weighted by Crippen LogP contribution is 2.39. The third-order valence-corrected chi connectivity index (χ3v) is 7.74. The van der Waals surface area contributed by atoms with E-state index in [1.54, 1.807) is 10.4 Å². The predicted octanol–water partition coefficient (Wildman–Crippen LogP) is 4.77. The molecule has 1 aliphatic rings. The van der Waals surface area contributed by atoms with Gasteiger partial charge in [0, 0.05) is 24.9 Å². The molecule has 0 aliphatic carbocycles. The van der Waals surface area contributed by atoms with Gasteiger partial charge in [-0.05, 0) is 30.2 Å². The van der Waals surface area contributed by atoms with Crippen molar-refractivity contribution in [3.05, 3.63) is 81.2 Å². The van der Waals surface area contributed by atoms with Gasteiger partial charge in [-0.3, -0.25) is 4.79 Å². The van der Waals surface area contributed by atoms with E-state index in [-0.39, 0.29) is 65.0 Å². The van der Waals surface area contributed by atoms with Gasteiger partial charge in [-0.25, -0.2) is 23.7 Å². The molecule has 1 fully saturated rings. The van der Waals surface area contributed by atoms with Gasteiger partial charge < -0.3 is 14.9 Å². The highest BCUT2D eigenvalue weighted by atomic mass is 35.5. The van der Waals surface area contributed by atoms with E-state index in [9.17, 15) is 24.3 Å². The van der Waals surface area contributed by atoms with Crippen LogP contribution in [0.25, 0.3) is 27.3 Å². The van der Waals surface area contributed by atoms with Crippen molar-refractivity contribution in [1.29, 1.82) is 5.26 Å². The van der Waals surface area contributed by atoms with Crippen molar-refractivity contribution in [3.8, 4) is 28.1 Å². The number of phenols is 1. The van der Waals surface area contributed by atoms with Gasteiger partial charge in [-0.1, -0.05) is 38.1 Å². The number of amides is 1. The van der Waals surface area contributed by atoms with Gasteiger partial charge in [-0.15, -0.1) is 11.3 Å². The predicted molar refractivity (Wildman–Crippen MR) is 155 cm³/mol. The summed E-state index contributed by atoms with van der Waals surface area (Å²) in [6.07, 6.45) is 2.47. The van der Waals surface area contributed by atoms with Crippen LogP contribution in [0.2, 0.25) is 5.02 Å². The summed E-state index contributed by atoms with van der Waals surface area (Å²) in [6, 6.07) is 7.33. The minimum absolute atomic E-state index is 0.00539. The van der Waals surface area contributed by atoms with Gasteiger partial charge >= 0.3 is 5.69 Å². The summed E-state index contributed by atoms with van der Waals surface area (Å²) in [5.74, 6) is -1.29. The maximum atomic E-state index is 14.9. The lowest BCUT2D eigenvalue weighted by atomic mass is 10.1. The van der Waals surface area contributed by atoms with E-state index in [2.05, 4.69) is 21.5 Å². The second-order valence-electron chi connectivity index (χ2n) is 9.46. The lowest BCUT2D eigenvalue weighted by molar-refractivity contribution is -0.125. The number of hydrogen-bond donors (Lipinski definition) is 1. The smallest absolute Gasteiger partial charge is 0.356 e. The Morgan fingerprint density at radius 3 is 2.78 bits per heavy atom. The van der Waals surface area contributed by atoms with Gasteiger partial charge in [-0.2, -0.15) is 10.2 Å². The number of piperazine rings is 1. The van der Waals surface area contributed by atoms with E-state index in [0.717, 1.165) is 0 Å². The summed E-state index contributed by atoms with van der Waals surface area (Å²) in [4.78, 5) is 42.7. The molecule has 0 saturated carbocycles. The molecule has 3 aromatic heterocycles. The second-order valence-corrected chi connectivity index (χ2v) is 10.7. The molecule has 0 bridgehead atoms. The van der Waals surface area contributed by atoms with Crippen molar-refractivity contribution in [3.63, 3.8) is 0 Å². The Balaban J connectivity index is 1.82. The highest BCUT2D eigenvalue weighted by Gasteiger charge is 2.30. The molecule has 1 amide bonds. The summed E-state index contributed by atoms with van der Waals surface area (Å²) < 4.78 is 16.2. The number of anilines is 1.